The summed E-state index contributed by atoms with van der Waals surface area (Å²) in [5, 5.41) is 3.28. The molecule has 0 aliphatic carbocycles. The SMILES string of the molecule is Cc1ccc(/C=C/C(=O)Nc2ccc(S(=O)(=O)Nc3ccc(Cl)cc3Cl)cc2)cc1. The predicted octanol–water partition coefficient (Wildman–Crippen LogP) is 5.75. The average Bonchev–Trinajstić information content (AvgIpc) is 2.70. The lowest BCUT2D eigenvalue weighted by Crippen LogP contribution is -2.13. The van der Waals surface area contributed by atoms with Crippen molar-refractivity contribution < 1.29 is 13.2 Å². The smallest absolute Gasteiger partial charge is 0.261 e. The molecule has 0 radical (unpaired) electrons. The van der Waals surface area contributed by atoms with Crippen LogP contribution in [0.25, 0.3) is 6.08 Å². The lowest BCUT2D eigenvalue weighted by molar-refractivity contribution is -0.111. The number of halogens is 2. The molecule has 8 heteroatoms. The largest absolute Gasteiger partial charge is 0.323 e. The highest BCUT2D eigenvalue weighted by atomic mass is 35.5. The fourth-order valence-electron chi connectivity index (χ4n) is 2.53. The minimum absolute atomic E-state index is 0.0294. The number of carbonyl (C=O) groups is 1. The molecule has 2 N–H and O–H groups in total. The average molecular weight is 461 g/mol. The van der Waals surface area contributed by atoms with Crippen molar-refractivity contribution in [3.63, 3.8) is 0 Å². The molecule has 0 aliphatic rings. The second-order valence-electron chi connectivity index (χ2n) is 6.49. The van der Waals surface area contributed by atoms with Crippen LogP contribution >= 0.6 is 23.2 Å². The van der Waals surface area contributed by atoms with Gasteiger partial charge in [-0.05, 0) is 61.0 Å². The van der Waals surface area contributed by atoms with E-state index < -0.39 is 10.0 Å². The van der Waals surface area contributed by atoms with Crippen LogP contribution in [-0.4, -0.2) is 14.3 Å². The van der Waals surface area contributed by atoms with E-state index in [9.17, 15) is 13.2 Å². The highest BCUT2D eigenvalue weighted by Crippen LogP contribution is 2.27. The lowest BCUT2D eigenvalue weighted by Gasteiger charge is -2.10. The fourth-order valence-corrected chi connectivity index (χ4v) is 4.12. The number of sulfonamides is 1. The second-order valence-corrected chi connectivity index (χ2v) is 9.01. The number of amides is 1. The van der Waals surface area contributed by atoms with Crippen LogP contribution in [0.15, 0.2) is 77.7 Å². The maximum atomic E-state index is 12.6. The monoisotopic (exact) mass is 460 g/mol. The van der Waals surface area contributed by atoms with Crippen molar-refractivity contribution in [2.24, 2.45) is 0 Å². The zero-order valence-corrected chi connectivity index (χ0v) is 18.2. The zero-order valence-electron chi connectivity index (χ0n) is 15.9. The predicted molar refractivity (Wildman–Crippen MR) is 123 cm³/mol. The van der Waals surface area contributed by atoms with Crippen LogP contribution < -0.4 is 10.0 Å². The highest BCUT2D eigenvalue weighted by molar-refractivity contribution is 7.92. The van der Waals surface area contributed by atoms with E-state index in [0.29, 0.717) is 10.7 Å². The third kappa shape index (κ3) is 5.86. The van der Waals surface area contributed by atoms with E-state index in [0.717, 1.165) is 11.1 Å². The maximum Gasteiger partial charge on any atom is 0.261 e. The number of nitrogens with one attached hydrogen (secondary N) is 2. The summed E-state index contributed by atoms with van der Waals surface area (Å²) in [6.45, 7) is 1.99. The number of hydrogen-bond donors (Lipinski definition) is 2. The summed E-state index contributed by atoms with van der Waals surface area (Å²) in [5.41, 5.74) is 2.74. The minimum Gasteiger partial charge on any atom is -0.323 e. The molecule has 0 saturated carbocycles. The molecular formula is C22H18Cl2N2O3S. The van der Waals surface area contributed by atoms with E-state index >= 15 is 0 Å². The molecule has 0 unspecified atom stereocenters. The molecule has 0 fully saturated rings. The first-order chi connectivity index (χ1) is 14.2. The Morgan fingerprint density at radius 1 is 0.933 bits per heavy atom. The summed E-state index contributed by atoms with van der Waals surface area (Å²) in [6, 6.07) is 18.0. The van der Waals surface area contributed by atoms with Crippen molar-refractivity contribution >= 4 is 56.6 Å². The molecule has 0 atom stereocenters. The van der Waals surface area contributed by atoms with Crippen molar-refractivity contribution in [2.45, 2.75) is 11.8 Å². The topological polar surface area (TPSA) is 75.3 Å². The number of aryl methyl sites for hydroxylation is 1. The number of carbonyl (C=O) groups excluding carboxylic acids is 1. The summed E-state index contributed by atoms with van der Waals surface area (Å²) < 4.78 is 27.5. The van der Waals surface area contributed by atoms with E-state index in [-0.39, 0.29) is 21.5 Å². The van der Waals surface area contributed by atoms with Gasteiger partial charge >= 0.3 is 0 Å². The molecule has 30 heavy (non-hydrogen) atoms. The zero-order chi connectivity index (χ0) is 21.7. The van der Waals surface area contributed by atoms with Gasteiger partial charge in [0.1, 0.15) is 0 Å². The Hall–Kier alpha value is -2.80. The fraction of sp³-hybridized carbons (Fsp3) is 0.0455. The van der Waals surface area contributed by atoms with Crippen LogP contribution in [0.3, 0.4) is 0 Å². The van der Waals surface area contributed by atoms with Gasteiger partial charge in [-0.1, -0.05) is 53.0 Å². The Morgan fingerprint density at radius 3 is 2.23 bits per heavy atom. The van der Waals surface area contributed by atoms with Gasteiger partial charge in [0.2, 0.25) is 5.91 Å². The highest BCUT2D eigenvalue weighted by Gasteiger charge is 2.16. The molecule has 0 spiro atoms. The summed E-state index contributed by atoms with van der Waals surface area (Å²) in [5.74, 6) is -0.322. The van der Waals surface area contributed by atoms with Gasteiger partial charge in [0, 0.05) is 16.8 Å². The van der Waals surface area contributed by atoms with Gasteiger partial charge in [-0.25, -0.2) is 8.42 Å². The third-order valence-corrected chi connectivity index (χ3v) is 6.04. The summed E-state index contributed by atoms with van der Waals surface area (Å²) >= 11 is 11.8. The van der Waals surface area contributed by atoms with Crippen LogP contribution in [0.2, 0.25) is 10.0 Å². The van der Waals surface area contributed by atoms with E-state index in [2.05, 4.69) is 10.0 Å². The Kier molecular flexibility index (Phi) is 6.82. The van der Waals surface area contributed by atoms with Gasteiger partial charge in [-0.3, -0.25) is 9.52 Å². The molecule has 0 bridgehead atoms. The number of anilines is 2. The first kappa shape index (κ1) is 21.9. The maximum absolute atomic E-state index is 12.6. The normalized spacial score (nSPS) is 11.4. The van der Waals surface area contributed by atoms with Crippen molar-refractivity contribution in [3.05, 3.63) is 94.0 Å². The van der Waals surface area contributed by atoms with Crippen LogP contribution in [0, 0.1) is 6.92 Å². The Morgan fingerprint density at radius 2 is 1.60 bits per heavy atom. The van der Waals surface area contributed by atoms with Gasteiger partial charge < -0.3 is 5.32 Å². The van der Waals surface area contributed by atoms with Gasteiger partial charge in [-0.15, -0.1) is 0 Å². The molecule has 1 amide bonds. The second kappa shape index (κ2) is 9.34. The molecular weight excluding hydrogens is 443 g/mol. The van der Waals surface area contributed by atoms with Gasteiger partial charge in [0.15, 0.2) is 0 Å². The van der Waals surface area contributed by atoms with Crippen molar-refractivity contribution in [3.8, 4) is 0 Å². The van der Waals surface area contributed by atoms with Crippen LogP contribution in [0.1, 0.15) is 11.1 Å². The summed E-state index contributed by atoms with van der Waals surface area (Å²) in [4.78, 5) is 12.1. The van der Waals surface area contributed by atoms with E-state index in [1.807, 2.05) is 31.2 Å². The molecule has 3 rings (SSSR count). The molecule has 3 aromatic rings. The summed E-state index contributed by atoms with van der Waals surface area (Å²) in [7, 11) is -3.85. The van der Waals surface area contributed by atoms with E-state index in [1.54, 1.807) is 6.08 Å². The Labute approximate surface area is 185 Å². The molecule has 5 nitrogen and oxygen atoms in total. The lowest BCUT2D eigenvalue weighted by atomic mass is 10.1. The quantitative estimate of drug-likeness (QED) is 0.459. The minimum atomic E-state index is -3.85. The molecule has 0 saturated heterocycles. The first-order valence-corrected chi connectivity index (χ1v) is 11.1. The van der Waals surface area contributed by atoms with E-state index in [4.69, 9.17) is 23.2 Å². The first-order valence-electron chi connectivity index (χ1n) is 8.87. The van der Waals surface area contributed by atoms with Gasteiger partial charge in [0.05, 0.1) is 15.6 Å². The third-order valence-electron chi connectivity index (χ3n) is 4.11. The standard InChI is InChI=1S/C22H18Cl2N2O3S/c1-15-2-4-16(5-3-15)6-13-22(27)25-18-8-10-19(11-9-18)30(28,29)26-21-12-7-17(23)14-20(21)24/h2-14,26H,1H3,(H,25,27)/b13-6+. The Bertz CT molecular complexity index is 1190. The van der Waals surface area contributed by atoms with Gasteiger partial charge in [-0.2, -0.15) is 0 Å². The molecule has 0 aromatic heterocycles. The molecule has 154 valence electrons. The molecule has 3 aromatic carbocycles. The van der Waals surface area contributed by atoms with Crippen molar-refractivity contribution in [1.82, 2.24) is 0 Å². The van der Waals surface area contributed by atoms with Crippen LogP contribution in [0.5, 0.6) is 0 Å². The molecule has 0 heterocycles. The molecule has 0 aliphatic heterocycles. The van der Waals surface area contributed by atoms with E-state index in [1.165, 1.54) is 48.5 Å². The van der Waals surface area contributed by atoms with Crippen molar-refractivity contribution in [1.29, 1.82) is 0 Å². The Balaban J connectivity index is 1.66. The number of benzene rings is 3. The summed E-state index contributed by atoms with van der Waals surface area (Å²) in [6.07, 6.45) is 3.12. The van der Waals surface area contributed by atoms with Crippen LogP contribution in [0.4, 0.5) is 11.4 Å². The van der Waals surface area contributed by atoms with Crippen molar-refractivity contribution in [2.75, 3.05) is 10.0 Å². The van der Waals surface area contributed by atoms with Crippen LogP contribution in [-0.2, 0) is 14.8 Å². The van der Waals surface area contributed by atoms with Gasteiger partial charge in [0.25, 0.3) is 10.0 Å². The number of hydrogen-bond acceptors (Lipinski definition) is 3. The number of rotatable bonds is 6.